The van der Waals surface area contributed by atoms with Crippen molar-refractivity contribution in [1.29, 1.82) is 0 Å². The van der Waals surface area contributed by atoms with E-state index >= 15 is 0 Å². The Hall–Kier alpha value is -1.97. The van der Waals surface area contributed by atoms with Gasteiger partial charge in [-0.15, -0.1) is 0 Å². The molecule has 2 saturated heterocycles. The predicted octanol–water partition coefficient (Wildman–Crippen LogP) is -0.360. The van der Waals surface area contributed by atoms with Crippen molar-refractivity contribution in [2.24, 2.45) is 0 Å². The van der Waals surface area contributed by atoms with Gasteiger partial charge in [-0.25, -0.2) is 13.2 Å². The Kier molecular flexibility index (Phi) is 6.07. The van der Waals surface area contributed by atoms with Crippen LogP contribution in [0.4, 0.5) is 4.79 Å². The fourth-order valence-corrected chi connectivity index (χ4v) is 5.15. The second kappa shape index (κ2) is 8.18. The molecule has 1 aromatic rings. The van der Waals surface area contributed by atoms with Crippen molar-refractivity contribution in [3.8, 4) is 0 Å². The molecule has 8 nitrogen and oxygen atoms in total. The van der Waals surface area contributed by atoms with Gasteiger partial charge in [-0.2, -0.15) is 4.31 Å². The number of hydrogen-bond acceptors (Lipinski definition) is 4. The molecule has 1 aromatic carbocycles. The van der Waals surface area contributed by atoms with Gasteiger partial charge >= 0.3 is 6.03 Å². The SMILES string of the molecule is CC(C)c1ccc(S(=O)(=O)N2CC[NH+]([C@@H](C)C(=O)N3CCNC3=O)CC2)cc1. The molecule has 28 heavy (non-hydrogen) atoms. The Morgan fingerprint density at radius 2 is 1.68 bits per heavy atom. The zero-order valence-corrected chi connectivity index (χ0v) is 17.5. The number of hydrogen-bond donors (Lipinski definition) is 2. The lowest BCUT2D eigenvalue weighted by Crippen LogP contribution is -3.19. The van der Waals surface area contributed by atoms with Crippen molar-refractivity contribution in [2.75, 3.05) is 39.3 Å². The number of amides is 3. The van der Waals surface area contributed by atoms with Crippen molar-refractivity contribution in [3.05, 3.63) is 29.8 Å². The Morgan fingerprint density at radius 3 is 2.18 bits per heavy atom. The molecule has 0 aromatic heterocycles. The number of rotatable bonds is 5. The van der Waals surface area contributed by atoms with Crippen molar-refractivity contribution in [1.82, 2.24) is 14.5 Å². The molecule has 2 aliphatic rings. The standard InChI is InChI=1S/C19H28N4O4S/c1-14(2)16-4-6-17(7-5-16)28(26,27)22-12-10-21(11-13-22)15(3)18(24)23-9-8-20-19(23)25/h4-7,14-15H,8-13H2,1-3H3,(H,20,25)/p+1/t15-/m0/s1. The minimum Gasteiger partial charge on any atom is -0.336 e. The molecule has 154 valence electrons. The van der Waals surface area contributed by atoms with Crippen LogP contribution in [0.3, 0.4) is 0 Å². The molecular weight excluding hydrogens is 380 g/mol. The van der Waals surface area contributed by atoms with Crippen LogP contribution in [-0.2, 0) is 14.8 Å². The normalized spacial score (nSPS) is 20.4. The third-order valence-electron chi connectivity index (χ3n) is 5.65. The highest BCUT2D eigenvalue weighted by molar-refractivity contribution is 7.89. The van der Waals surface area contributed by atoms with E-state index in [4.69, 9.17) is 0 Å². The van der Waals surface area contributed by atoms with E-state index < -0.39 is 10.0 Å². The van der Waals surface area contributed by atoms with Gasteiger partial charge in [0.15, 0.2) is 6.04 Å². The summed E-state index contributed by atoms with van der Waals surface area (Å²) < 4.78 is 27.3. The molecule has 3 rings (SSSR count). The van der Waals surface area contributed by atoms with Crippen molar-refractivity contribution in [3.63, 3.8) is 0 Å². The highest BCUT2D eigenvalue weighted by Crippen LogP contribution is 2.20. The first-order valence-corrected chi connectivity index (χ1v) is 11.2. The molecule has 2 heterocycles. The average Bonchev–Trinajstić information content (AvgIpc) is 3.13. The van der Waals surface area contributed by atoms with E-state index in [-0.39, 0.29) is 18.0 Å². The summed E-state index contributed by atoms with van der Waals surface area (Å²) in [5.41, 5.74) is 1.10. The summed E-state index contributed by atoms with van der Waals surface area (Å²) in [6.45, 7) is 8.59. The molecular formula is C19H29N4O4S+. The van der Waals surface area contributed by atoms with Crippen LogP contribution >= 0.6 is 0 Å². The highest BCUT2D eigenvalue weighted by atomic mass is 32.2. The number of carbonyl (C=O) groups excluding carboxylic acids is 2. The molecule has 0 radical (unpaired) electrons. The molecule has 2 N–H and O–H groups in total. The lowest BCUT2D eigenvalue weighted by Gasteiger charge is -2.34. The number of piperazine rings is 1. The van der Waals surface area contributed by atoms with Gasteiger partial charge in [0.1, 0.15) is 0 Å². The minimum atomic E-state index is -3.54. The van der Waals surface area contributed by atoms with Gasteiger partial charge in [-0.05, 0) is 30.5 Å². The monoisotopic (exact) mass is 409 g/mol. The summed E-state index contributed by atoms with van der Waals surface area (Å²) in [7, 11) is -3.54. The van der Waals surface area contributed by atoms with Gasteiger partial charge in [-0.1, -0.05) is 26.0 Å². The molecule has 0 unspecified atom stereocenters. The van der Waals surface area contributed by atoms with E-state index in [1.165, 1.54) is 9.21 Å². The summed E-state index contributed by atoms with van der Waals surface area (Å²) >= 11 is 0. The fourth-order valence-electron chi connectivity index (χ4n) is 3.71. The number of carbonyl (C=O) groups is 2. The molecule has 0 aliphatic carbocycles. The number of imide groups is 1. The number of sulfonamides is 1. The first kappa shape index (κ1) is 20.8. The number of urea groups is 1. The Bertz CT molecular complexity index is 830. The summed E-state index contributed by atoms with van der Waals surface area (Å²) in [6, 6.07) is 6.34. The highest BCUT2D eigenvalue weighted by Gasteiger charge is 2.38. The van der Waals surface area contributed by atoms with E-state index in [0.29, 0.717) is 50.1 Å². The molecule has 0 saturated carbocycles. The van der Waals surface area contributed by atoms with E-state index in [1.54, 1.807) is 19.1 Å². The third kappa shape index (κ3) is 4.06. The van der Waals surface area contributed by atoms with Gasteiger partial charge in [-0.3, -0.25) is 9.69 Å². The van der Waals surface area contributed by atoms with Gasteiger partial charge in [0.05, 0.1) is 31.1 Å². The van der Waals surface area contributed by atoms with Gasteiger partial charge in [0.2, 0.25) is 10.0 Å². The molecule has 0 spiro atoms. The molecule has 1 atom stereocenters. The third-order valence-corrected chi connectivity index (χ3v) is 7.57. The Balaban J connectivity index is 1.62. The van der Waals surface area contributed by atoms with Crippen LogP contribution < -0.4 is 10.2 Å². The van der Waals surface area contributed by atoms with Crippen LogP contribution in [0.1, 0.15) is 32.3 Å². The number of quaternary nitrogens is 1. The maximum Gasteiger partial charge on any atom is 0.324 e. The van der Waals surface area contributed by atoms with E-state index in [2.05, 4.69) is 19.2 Å². The van der Waals surface area contributed by atoms with Crippen molar-refractivity contribution in [2.45, 2.75) is 37.6 Å². The van der Waals surface area contributed by atoms with Crippen LogP contribution in [0.2, 0.25) is 0 Å². The van der Waals surface area contributed by atoms with Gasteiger partial charge < -0.3 is 10.2 Å². The first-order valence-electron chi connectivity index (χ1n) is 9.75. The fraction of sp³-hybridized carbons (Fsp3) is 0.579. The Labute approximate surface area is 166 Å². The van der Waals surface area contributed by atoms with Crippen LogP contribution in [0.25, 0.3) is 0 Å². The summed E-state index contributed by atoms with van der Waals surface area (Å²) in [4.78, 5) is 26.8. The number of nitrogens with zero attached hydrogens (tertiary/aromatic N) is 2. The molecule has 3 amide bonds. The van der Waals surface area contributed by atoms with E-state index in [0.717, 1.165) is 10.5 Å². The average molecular weight is 410 g/mol. The molecule has 0 bridgehead atoms. The quantitative estimate of drug-likeness (QED) is 0.695. The molecule has 2 aliphatic heterocycles. The maximum absolute atomic E-state index is 12.9. The first-order chi connectivity index (χ1) is 13.2. The summed E-state index contributed by atoms with van der Waals surface area (Å²) in [5, 5.41) is 2.63. The number of nitrogens with one attached hydrogen (secondary N) is 2. The number of benzene rings is 1. The minimum absolute atomic E-state index is 0.203. The zero-order chi connectivity index (χ0) is 20.5. The van der Waals surface area contributed by atoms with E-state index in [1.807, 2.05) is 12.1 Å². The maximum atomic E-state index is 12.9. The topological polar surface area (TPSA) is 91.2 Å². The van der Waals surface area contributed by atoms with Crippen LogP contribution in [0.5, 0.6) is 0 Å². The second-order valence-corrected chi connectivity index (χ2v) is 9.67. The van der Waals surface area contributed by atoms with Crippen molar-refractivity contribution >= 4 is 22.0 Å². The van der Waals surface area contributed by atoms with Crippen LogP contribution in [0.15, 0.2) is 29.2 Å². The van der Waals surface area contributed by atoms with Crippen molar-refractivity contribution < 1.29 is 22.9 Å². The second-order valence-electron chi connectivity index (χ2n) is 7.73. The smallest absolute Gasteiger partial charge is 0.324 e. The van der Waals surface area contributed by atoms with E-state index in [9.17, 15) is 18.0 Å². The van der Waals surface area contributed by atoms with Gasteiger partial charge in [0.25, 0.3) is 5.91 Å². The zero-order valence-electron chi connectivity index (χ0n) is 16.6. The molecule has 2 fully saturated rings. The van der Waals surface area contributed by atoms with Gasteiger partial charge in [0, 0.05) is 13.1 Å². The lowest BCUT2D eigenvalue weighted by molar-refractivity contribution is -0.917. The predicted molar refractivity (Wildman–Crippen MR) is 105 cm³/mol. The summed E-state index contributed by atoms with van der Waals surface area (Å²) in [5.74, 6) is 0.145. The summed E-state index contributed by atoms with van der Waals surface area (Å²) in [6.07, 6.45) is 0. The van der Waals surface area contributed by atoms with Crippen LogP contribution in [-0.4, -0.2) is 74.9 Å². The Morgan fingerprint density at radius 1 is 1.07 bits per heavy atom. The largest absolute Gasteiger partial charge is 0.336 e. The lowest BCUT2D eigenvalue weighted by atomic mass is 10.0. The molecule has 9 heteroatoms. The van der Waals surface area contributed by atoms with Crippen LogP contribution in [0, 0.1) is 0 Å².